The van der Waals surface area contributed by atoms with E-state index in [0.717, 1.165) is 26.2 Å². The Morgan fingerprint density at radius 3 is 2.68 bits per heavy atom. The number of hydrogen-bond donors (Lipinski definition) is 0. The SMILES string of the molecule is COc1ccnc(N2CCN(Cc3ncccc3F)CC2)n1. The molecule has 7 heteroatoms. The molecule has 0 unspecified atom stereocenters. The van der Waals surface area contributed by atoms with Crippen LogP contribution in [0.15, 0.2) is 30.6 Å². The average molecular weight is 303 g/mol. The molecule has 1 saturated heterocycles. The van der Waals surface area contributed by atoms with E-state index in [1.165, 1.54) is 6.07 Å². The third kappa shape index (κ3) is 3.30. The maximum absolute atomic E-state index is 13.6. The van der Waals surface area contributed by atoms with Crippen molar-refractivity contribution in [2.75, 3.05) is 38.2 Å². The molecule has 0 spiro atoms. The zero-order valence-electron chi connectivity index (χ0n) is 12.4. The van der Waals surface area contributed by atoms with E-state index in [9.17, 15) is 4.39 Å². The first-order valence-corrected chi connectivity index (χ1v) is 7.20. The summed E-state index contributed by atoms with van der Waals surface area (Å²) >= 11 is 0. The fourth-order valence-corrected chi connectivity index (χ4v) is 2.45. The number of ether oxygens (including phenoxy) is 1. The molecular formula is C15H18FN5O. The van der Waals surface area contributed by atoms with Crippen LogP contribution in [0.1, 0.15) is 5.69 Å². The molecule has 1 aliphatic rings. The second kappa shape index (κ2) is 6.65. The molecule has 0 radical (unpaired) electrons. The molecule has 3 rings (SSSR count). The largest absolute Gasteiger partial charge is 0.481 e. The number of piperazine rings is 1. The van der Waals surface area contributed by atoms with E-state index in [2.05, 4.69) is 24.8 Å². The molecule has 3 heterocycles. The Bertz CT molecular complexity index is 631. The minimum atomic E-state index is -0.249. The molecule has 0 N–H and O–H groups in total. The first-order chi connectivity index (χ1) is 10.8. The summed E-state index contributed by atoms with van der Waals surface area (Å²) in [5.74, 6) is 0.979. The third-order valence-electron chi connectivity index (χ3n) is 3.69. The fourth-order valence-electron chi connectivity index (χ4n) is 2.45. The Kier molecular flexibility index (Phi) is 4.43. The van der Waals surface area contributed by atoms with Gasteiger partial charge in [-0.05, 0) is 12.1 Å². The Morgan fingerprint density at radius 2 is 1.95 bits per heavy atom. The van der Waals surface area contributed by atoms with E-state index in [0.29, 0.717) is 24.1 Å². The van der Waals surface area contributed by atoms with E-state index in [1.54, 1.807) is 31.6 Å². The highest BCUT2D eigenvalue weighted by Crippen LogP contribution is 2.15. The van der Waals surface area contributed by atoms with E-state index in [-0.39, 0.29) is 5.82 Å². The van der Waals surface area contributed by atoms with Gasteiger partial charge in [-0.3, -0.25) is 9.88 Å². The number of aromatic nitrogens is 3. The molecule has 0 saturated carbocycles. The third-order valence-corrected chi connectivity index (χ3v) is 3.69. The predicted octanol–water partition coefficient (Wildman–Crippen LogP) is 1.34. The maximum Gasteiger partial charge on any atom is 0.228 e. The summed E-state index contributed by atoms with van der Waals surface area (Å²) in [6.45, 7) is 3.75. The normalized spacial score (nSPS) is 15.8. The minimum absolute atomic E-state index is 0.249. The van der Waals surface area contributed by atoms with Crippen LogP contribution < -0.4 is 9.64 Å². The molecule has 0 aliphatic carbocycles. The van der Waals surface area contributed by atoms with Gasteiger partial charge in [0.1, 0.15) is 5.82 Å². The highest BCUT2D eigenvalue weighted by Gasteiger charge is 2.20. The van der Waals surface area contributed by atoms with Gasteiger partial charge in [-0.1, -0.05) is 0 Å². The van der Waals surface area contributed by atoms with Crippen LogP contribution in [0.3, 0.4) is 0 Å². The molecule has 1 aliphatic heterocycles. The first-order valence-electron chi connectivity index (χ1n) is 7.20. The number of pyridine rings is 1. The van der Waals surface area contributed by atoms with Crippen LogP contribution in [0, 0.1) is 5.82 Å². The van der Waals surface area contributed by atoms with Gasteiger partial charge in [0.05, 0.1) is 12.8 Å². The number of rotatable bonds is 4. The van der Waals surface area contributed by atoms with Crippen molar-refractivity contribution in [2.24, 2.45) is 0 Å². The van der Waals surface area contributed by atoms with Crippen molar-refractivity contribution in [2.45, 2.75) is 6.54 Å². The van der Waals surface area contributed by atoms with Crippen LogP contribution in [-0.4, -0.2) is 53.1 Å². The summed E-state index contributed by atoms with van der Waals surface area (Å²) in [5.41, 5.74) is 0.494. The molecule has 0 aromatic carbocycles. The predicted molar refractivity (Wildman–Crippen MR) is 80.3 cm³/mol. The molecule has 6 nitrogen and oxygen atoms in total. The number of anilines is 1. The van der Waals surface area contributed by atoms with Gasteiger partial charge in [-0.15, -0.1) is 0 Å². The highest BCUT2D eigenvalue weighted by molar-refractivity contribution is 5.32. The fraction of sp³-hybridized carbons (Fsp3) is 0.400. The smallest absolute Gasteiger partial charge is 0.228 e. The lowest BCUT2D eigenvalue weighted by atomic mass is 10.2. The number of methoxy groups -OCH3 is 1. The Labute approximate surface area is 128 Å². The van der Waals surface area contributed by atoms with Crippen molar-refractivity contribution in [3.8, 4) is 5.88 Å². The van der Waals surface area contributed by atoms with E-state index in [1.807, 2.05) is 0 Å². The Hall–Kier alpha value is -2.28. The van der Waals surface area contributed by atoms with Crippen LogP contribution in [-0.2, 0) is 6.54 Å². The lowest BCUT2D eigenvalue weighted by Gasteiger charge is -2.34. The zero-order valence-corrected chi connectivity index (χ0v) is 12.4. The quantitative estimate of drug-likeness (QED) is 0.849. The van der Waals surface area contributed by atoms with Gasteiger partial charge in [0, 0.05) is 51.2 Å². The summed E-state index contributed by atoms with van der Waals surface area (Å²) in [4.78, 5) is 17.0. The van der Waals surface area contributed by atoms with E-state index >= 15 is 0 Å². The second-order valence-electron chi connectivity index (χ2n) is 5.09. The van der Waals surface area contributed by atoms with Crippen LogP contribution >= 0.6 is 0 Å². The zero-order chi connectivity index (χ0) is 15.4. The topological polar surface area (TPSA) is 54.4 Å². The minimum Gasteiger partial charge on any atom is -0.481 e. The van der Waals surface area contributed by atoms with Crippen LogP contribution in [0.2, 0.25) is 0 Å². The number of halogens is 1. The molecule has 0 bridgehead atoms. The monoisotopic (exact) mass is 303 g/mol. The van der Waals surface area contributed by atoms with Gasteiger partial charge in [0.15, 0.2) is 0 Å². The summed E-state index contributed by atoms with van der Waals surface area (Å²) in [7, 11) is 1.59. The highest BCUT2D eigenvalue weighted by atomic mass is 19.1. The Morgan fingerprint density at radius 1 is 1.14 bits per heavy atom. The van der Waals surface area contributed by atoms with Crippen molar-refractivity contribution >= 4 is 5.95 Å². The number of nitrogens with zero attached hydrogens (tertiary/aromatic N) is 5. The standard InChI is InChI=1S/C15H18FN5O/c1-22-14-4-6-18-15(19-14)21-9-7-20(8-10-21)11-13-12(16)3-2-5-17-13/h2-6H,7-11H2,1H3. The summed E-state index contributed by atoms with van der Waals surface area (Å²) in [5, 5.41) is 0. The van der Waals surface area contributed by atoms with Crippen LogP contribution in [0.5, 0.6) is 5.88 Å². The lowest BCUT2D eigenvalue weighted by molar-refractivity contribution is 0.242. The van der Waals surface area contributed by atoms with Gasteiger partial charge in [-0.25, -0.2) is 9.37 Å². The number of hydrogen-bond acceptors (Lipinski definition) is 6. The van der Waals surface area contributed by atoms with E-state index < -0.39 is 0 Å². The van der Waals surface area contributed by atoms with Crippen molar-refractivity contribution in [3.63, 3.8) is 0 Å². The summed E-state index contributed by atoms with van der Waals surface area (Å²) in [6.07, 6.45) is 3.32. The van der Waals surface area contributed by atoms with Gasteiger partial charge in [-0.2, -0.15) is 4.98 Å². The van der Waals surface area contributed by atoms with E-state index in [4.69, 9.17) is 4.74 Å². The first kappa shape index (κ1) is 14.6. The molecule has 0 amide bonds. The van der Waals surface area contributed by atoms with Gasteiger partial charge in [0.2, 0.25) is 11.8 Å². The maximum atomic E-state index is 13.6. The van der Waals surface area contributed by atoms with Crippen molar-refractivity contribution < 1.29 is 9.13 Å². The van der Waals surface area contributed by atoms with Crippen LogP contribution in [0.25, 0.3) is 0 Å². The second-order valence-corrected chi connectivity index (χ2v) is 5.09. The summed E-state index contributed by atoms with van der Waals surface area (Å²) in [6, 6.07) is 4.78. The average Bonchev–Trinajstić information content (AvgIpc) is 2.58. The summed E-state index contributed by atoms with van der Waals surface area (Å²) < 4.78 is 18.8. The van der Waals surface area contributed by atoms with Gasteiger partial charge < -0.3 is 9.64 Å². The van der Waals surface area contributed by atoms with Crippen LogP contribution in [0.4, 0.5) is 10.3 Å². The molecule has 0 atom stereocenters. The van der Waals surface area contributed by atoms with Crippen molar-refractivity contribution in [3.05, 3.63) is 42.1 Å². The molecule has 116 valence electrons. The molecule has 1 fully saturated rings. The molecule has 2 aromatic heterocycles. The van der Waals surface area contributed by atoms with Crippen molar-refractivity contribution in [1.82, 2.24) is 19.9 Å². The molecular weight excluding hydrogens is 285 g/mol. The lowest BCUT2D eigenvalue weighted by Crippen LogP contribution is -2.46. The van der Waals surface area contributed by atoms with Gasteiger partial charge >= 0.3 is 0 Å². The molecule has 22 heavy (non-hydrogen) atoms. The van der Waals surface area contributed by atoms with Gasteiger partial charge in [0.25, 0.3) is 0 Å². The van der Waals surface area contributed by atoms with Crippen molar-refractivity contribution in [1.29, 1.82) is 0 Å². The molecule has 2 aromatic rings. The Balaban J connectivity index is 1.59.